The van der Waals surface area contributed by atoms with E-state index in [0.29, 0.717) is 0 Å². The largest absolute Gasteiger partial charge is 0.316 e. The topological polar surface area (TPSA) is 12.0 Å². The van der Waals surface area contributed by atoms with Gasteiger partial charge in [-0.1, -0.05) is 35.5 Å². The van der Waals surface area contributed by atoms with Gasteiger partial charge in [-0.05, 0) is 38.1 Å². The van der Waals surface area contributed by atoms with Gasteiger partial charge in [-0.2, -0.15) is 0 Å². The van der Waals surface area contributed by atoms with Gasteiger partial charge in [-0.25, -0.2) is 0 Å². The van der Waals surface area contributed by atoms with Crippen molar-refractivity contribution in [3.05, 3.63) is 35.5 Å². The average Bonchev–Trinajstić information content (AvgIpc) is 2.65. The van der Waals surface area contributed by atoms with Crippen molar-refractivity contribution in [1.29, 1.82) is 0 Å². The Kier molecular flexibility index (Phi) is 2.28. The van der Waals surface area contributed by atoms with Crippen LogP contribution in [0.5, 0.6) is 0 Å². The Bertz CT molecular complexity index is 348. The molecular weight excluding hydrogens is 182 g/mol. The molecule has 1 heteroatoms. The molecule has 3 aliphatic rings. The molecule has 0 amide bonds. The van der Waals surface area contributed by atoms with Crippen LogP contribution in [0.1, 0.15) is 19.8 Å². The highest BCUT2D eigenvalue weighted by Gasteiger charge is 2.48. The van der Waals surface area contributed by atoms with Crippen LogP contribution in [0.3, 0.4) is 0 Å². The summed E-state index contributed by atoms with van der Waals surface area (Å²) in [5.74, 6) is 2.53. The maximum atomic E-state index is 3.53. The van der Waals surface area contributed by atoms with Gasteiger partial charge in [0.1, 0.15) is 0 Å². The lowest BCUT2D eigenvalue weighted by molar-refractivity contribution is 0.257. The SMILES string of the molecule is CC=C1C2CNCC2C1C1=CC=CCC1. The maximum absolute atomic E-state index is 3.53. The molecule has 0 aromatic heterocycles. The normalized spacial score (nSPS) is 41.3. The third-order valence-corrected chi connectivity index (χ3v) is 4.26. The van der Waals surface area contributed by atoms with Gasteiger partial charge in [0.05, 0.1) is 0 Å². The zero-order valence-electron chi connectivity index (χ0n) is 9.37. The zero-order valence-corrected chi connectivity index (χ0v) is 9.37. The monoisotopic (exact) mass is 201 g/mol. The first-order valence-corrected chi connectivity index (χ1v) is 6.14. The number of hydrogen-bond donors (Lipinski definition) is 1. The Morgan fingerprint density at radius 3 is 3.07 bits per heavy atom. The zero-order chi connectivity index (χ0) is 10.3. The third kappa shape index (κ3) is 1.33. The minimum absolute atomic E-state index is 0.778. The van der Waals surface area contributed by atoms with E-state index in [2.05, 4.69) is 36.5 Å². The third-order valence-electron chi connectivity index (χ3n) is 4.26. The van der Waals surface area contributed by atoms with Crippen molar-refractivity contribution in [2.24, 2.45) is 17.8 Å². The quantitative estimate of drug-likeness (QED) is 0.643. The van der Waals surface area contributed by atoms with E-state index < -0.39 is 0 Å². The Hall–Kier alpha value is -0.820. The van der Waals surface area contributed by atoms with Crippen LogP contribution < -0.4 is 5.32 Å². The highest BCUT2D eigenvalue weighted by molar-refractivity contribution is 5.38. The molecule has 0 radical (unpaired) electrons. The van der Waals surface area contributed by atoms with Gasteiger partial charge >= 0.3 is 0 Å². The summed E-state index contributed by atoms with van der Waals surface area (Å²) in [6, 6.07) is 0. The number of fused-ring (bicyclic) bond motifs is 1. The highest BCUT2D eigenvalue weighted by atomic mass is 14.9. The van der Waals surface area contributed by atoms with Crippen LogP contribution in [0, 0.1) is 17.8 Å². The number of nitrogens with one attached hydrogen (secondary N) is 1. The van der Waals surface area contributed by atoms with E-state index in [9.17, 15) is 0 Å². The Morgan fingerprint density at radius 2 is 2.33 bits per heavy atom. The van der Waals surface area contributed by atoms with Gasteiger partial charge in [-0.3, -0.25) is 0 Å². The second kappa shape index (κ2) is 3.64. The van der Waals surface area contributed by atoms with Crippen LogP contribution in [-0.2, 0) is 0 Å². The summed E-state index contributed by atoms with van der Waals surface area (Å²) in [4.78, 5) is 0. The number of allylic oxidation sites excluding steroid dienone is 5. The maximum Gasteiger partial charge on any atom is 0.00600 e. The summed E-state index contributed by atoms with van der Waals surface area (Å²) >= 11 is 0. The van der Waals surface area contributed by atoms with Crippen molar-refractivity contribution >= 4 is 0 Å². The van der Waals surface area contributed by atoms with E-state index in [4.69, 9.17) is 0 Å². The summed E-state index contributed by atoms with van der Waals surface area (Å²) in [6.07, 6.45) is 11.7. The molecule has 0 spiro atoms. The molecule has 0 bridgehead atoms. The first kappa shape index (κ1) is 9.41. The van der Waals surface area contributed by atoms with E-state index in [0.717, 1.165) is 17.8 Å². The minimum Gasteiger partial charge on any atom is -0.316 e. The molecular formula is C14H19N. The lowest BCUT2D eigenvalue weighted by Crippen LogP contribution is -2.40. The number of rotatable bonds is 1. The molecule has 80 valence electrons. The first-order valence-electron chi connectivity index (χ1n) is 6.14. The molecule has 1 saturated carbocycles. The first-order chi connectivity index (χ1) is 7.42. The molecule has 0 aromatic rings. The van der Waals surface area contributed by atoms with Crippen molar-refractivity contribution in [1.82, 2.24) is 5.32 Å². The van der Waals surface area contributed by atoms with Crippen molar-refractivity contribution in [2.45, 2.75) is 19.8 Å². The van der Waals surface area contributed by atoms with Gasteiger partial charge in [0.2, 0.25) is 0 Å². The van der Waals surface area contributed by atoms with Crippen LogP contribution in [-0.4, -0.2) is 13.1 Å². The molecule has 1 aliphatic heterocycles. The molecule has 0 aromatic carbocycles. The fraction of sp³-hybridized carbons (Fsp3) is 0.571. The van der Waals surface area contributed by atoms with Gasteiger partial charge in [0, 0.05) is 12.5 Å². The van der Waals surface area contributed by atoms with Crippen molar-refractivity contribution < 1.29 is 0 Å². The lowest BCUT2D eigenvalue weighted by Gasteiger charge is -2.45. The lowest BCUT2D eigenvalue weighted by atomic mass is 9.58. The minimum atomic E-state index is 0.778. The van der Waals surface area contributed by atoms with E-state index in [1.807, 2.05) is 0 Å². The van der Waals surface area contributed by atoms with E-state index in [1.165, 1.54) is 25.9 Å². The molecule has 1 saturated heterocycles. The van der Waals surface area contributed by atoms with Gasteiger partial charge in [-0.15, -0.1) is 0 Å². The molecule has 1 heterocycles. The summed E-state index contributed by atoms with van der Waals surface area (Å²) < 4.78 is 0. The highest BCUT2D eigenvalue weighted by Crippen LogP contribution is 2.52. The van der Waals surface area contributed by atoms with E-state index >= 15 is 0 Å². The van der Waals surface area contributed by atoms with Gasteiger partial charge in [0.25, 0.3) is 0 Å². The predicted octanol–water partition coefficient (Wildman–Crippen LogP) is 2.67. The molecule has 3 unspecified atom stereocenters. The van der Waals surface area contributed by atoms with Crippen molar-refractivity contribution in [3.8, 4) is 0 Å². The summed E-state index contributed by atoms with van der Waals surface area (Å²) in [7, 11) is 0. The van der Waals surface area contributed by atoms with Gasteiger partial charge < -0.3 is 5.32 Å². The second-order valence-corrected chi connectivity index (χ2v) is 4.90. The second-order valence-electron chi connectivity index (χ2n) is 4.90. The van der Waals surface area contributed by atoms with E-state index in [-0.39, 0.29) is 0 Å². The fourth-order valence-electron chi connectivity index (χ4n) is 3.54. The van der Waals surface area contributed by atoms with E-state index in [1.54, 1.807) is 11.1 Å². The van der Waals surface area contributed by atoms with Crippen LogP contribution in [0.2, 0.25) is 0 Å². The Balaban J connectivity index is 1.86. The fourth-order valence-corrected chi connectivity index (χ4v) is 3.54. The molecule has 1 nitrogen and oxygen atoms in total. The number of hydrogen-bond acceptors (Lipinski definition) is 1. The Morgan fingerprint density at radius 1 is 1.40 bits per heavy atom. The average molecular weight is 201 g/mol. The Labute approximate surface area is 91.9 Å². The van der Waals surface area contributed by atoms with Crippen LogP contribution in [0.4, 0.5) is 0 Å². The molecule has 3 rings (SSSR count). The summed E-state index contributed by atoms with van der Waals surface area (Å²) in [5.41, 5.74) is 3.38. The molecule has 2 fully saturated rings. The van der Waals surface area contributed by atoms with Crippen molar-refractivity contribution in [3.63, 3.8) is 0 Å². The smallest absolute Gasteiger partial charge is 0.00600 e. The van der Waals surface area contributed by atoms with Crippen LogP contribution in [0.15, 0.2) is 35.5 Å². The van der Waals surface area contributed by atoms with Gasteiger partial charge in [0.15, 0.2) is 0 Å². The molecule has 2 aliphatic carbocycles. The molecule has 1 N–H and O–H groups in total. The standard InChI is InChI=1S/C14H19N/c1-2-11-12-8-15-9-13(12)14(11)10-6-4-3-5-7-10/h2-4,6,12-15H,5,7-9H2,1H3. The molecule has 3 atom stereocenters. The van der Waals surface area contributed by atoms with Crippen molar-refractivity contribution in [2.75, 3.05) is 13.1 Å². The van der Waals surface area contributed by atoms with Crippen LogP contribution >= 0.6 is 0 Å². The summed E-state index contributed by atoms with van der Waals surface area (Å²) in [5, 5.41) is 3.53. The van der Waals surface area contributed by atoms with Crippen LogP contribution in [0.25, 0.3) is 0 Å². The summed E-state index contributed by atoms with van der Waals surface area (Å²) in [6.45, 7) is 4.65. The molecule has 15 heavy (non-hydrogen) atoms. The predicted molar refractivity (Wildman–Crippen MR) is 63.6 cm³/mol.